The van der Waals surface area contributed by atoms with Crippen molar-refractivity contribution < 1.29 is 4.79 Å². The van der Waals surface area contributed by atoms with Crippen LogP contribution in [0.3, 0.4) is 0 Å². The molecule has 2 aliphatic rings. The van der Waals surface area contributed by atoms with Gasteiger partial charge in [-0.25, -0.2) is 0 Å². The molecule has 0 aliphatic heterocycles. The van der Waals surface area contributed by atoms with Gasteiger partial charge in [0, 0.05) is 12.5 Å². The predicted molar refractivity (Wildman–Crippen MR) is 65.9 cm³/mol. The summed E-state index contributed by atoms with van der Waals surface area (Å²) in [7, 11) is 0. The molecule has 0 aromatic carbocycles. The van der Waals surface area contributed by atoms with E-state index in [1.807, 2.05) is 0 Å². The molecule has 16 heavy (non-hydrogen) atoms. The molecule has 0 spiro atoms. The monoisotopic (exact) mass is 223 g/mol. The van der Waals surface area contributed by atoms with E-state index in [1.165, 1.54) is 6.42 Å². The Balaban J connectivity index is 2.31. The summed E-state index contributed by atoms with van der Waals surface area (Å²) >= 11 is 0. The van der Waals surface area contributed by atoms with Gasteiger partial charge < -0.3 is 5.32 Å². The maximum Gasteiger partial charge on any atom is 0.217 e. The zero-order chi connectivity index (χ0) is 12.3. The van der Waals surface area contributed by atoms with Crippen molar-refractivity contribution in [1.82, 2.24) is 5.32 Å². The lowest BCUT2D eigenvalue weighted by molar-refractivity contribution is -0.123. The lowest BCUT2D eigenvalue weighted by Crippen LogP contribution is -2.58. The molecule has 2 bridgehead atoms. The fourth-order valence-electron chi connectivity index (χ4n) is 4.59. The summed E-state index contributed by atoms with van der Waals surface area (Å²) in [5.74, 6) is 2.81. The summed E-state index contributed by atoms with van der Waals surface area (Å²) in [5.41, 5.74) is 0.452. The standard InChI is InChI=1S/C14H25NO/c1-8-12-7-11(13(8,4)5)9(2)14(12,6)15-10(3)16/h8-9,11-12H,7H2,1-6H3,(H,15,16)/t8-,9-,11+,12+,14+/m0/s1. The Hall–Kier alpha value is -0.530. The second-order valence-electron chi connectivity index (χ2n) is 6.81. The van der Waals surface area contributed by atoms with E-state index in [-0.39, 0.29) is 11.4 Å². The maximum atomic E-state index is 11.4. The van der Waals surface area contributed by atoms with Crippen LogP contribution >= 0.6 is 0 Å². The summed E-state index contributed by atoms with van der Waals surface area (Å²) in [5, 5.41) is 3.23. The first-order valence-corrected chi connectivity index (χ1v) is 6.50. The number of rotatable bonds is 1. The van der Waals surface area contributed by atoms with E-state index in [9.17, 15) is 4.79 Å². The first-order valence-electron chi connectivity index (χ1n) is 6.50. The van der Waals surface area contributed by atoms with E-state index >= 15 is 0 Å². The van der Waals surface area contributed by atoms with Gasteiger partial charge >= 0.3 is 0 Å². The van der Waals surface area contributed by atoms with Gasteiger partial charge in [-0.1, -0.05) is 27.7 Å². The Morgan fingerprint density at radius 2 is 1.69 bits per heavy atom. The minimum absolute atomic E-state index is 0.0193. The zero-order valence-corrected chi connectivity index (χ0v) is 11.4. The number of carbonyl (C=O) groups excluding carboxylic acids is 1. The number of carbonyl (C=O) groups is 1. The molecule has 2 heteroatoms. The molecule has 0 saturated heterocycles. The fourth-order valence-corrected chi connectivity index (χ4v) is 4.59. The third-order valence-electron chi connectivity index (χ3n) is 6.01. The number of amides is 1. The molecule has 92 valence electrons. The average Bonchev–Trinajstić information content (AvgIpc) is 2.50. The Kier molecular flexibility index (Phi) is 2.42. The summed E-state index contributed by atoms with van der Waals surface area (Å²) < 4.78 is 0. The Labute approximate surface area is 99.2 Å². The SMILES string of the molecule is CC(=O)N[C@@]1(C)[C@@H]2C[C@H]([C@@H]1C)C(C)(C)[C@H]2C. The predicted octanol–water partition coefficient (Wildman–Crippen LogP) is 2.83. The molecular weight excluding hydrogens is 198 g/mol. The van der Waals surface area contributed by atoms with Crippen LogP contribution in [0.2, 0.25) is 0 Å². The van der Waals surface area contributed by atoms with Crippen LogP contribution in [-0.4, -0.2) is 11.4 Å². The number of hydrogen-bond donors (Lipinski definition) is 1. The van der Waals surface area contributed by atoms with Gasteiger partial charge in [0.05, 0.1) is 0 Å². The van der Waals surface area contributed by atoms with Crippen LogP contribution < -0.4 is 5.32 Å². The highest BCUT2D eigenvalue weighted by molar-refractivity contribution is 5.74. The fraction of sp³-hybridized carbons (Fsp3) is 0.929. The third kappa shape index (κ3) is 1.28. The van der Waals surface area contributed by atoms with Crippen LogP contribution in [0.1, 0.15) is 48.0 Å². The first-order chi connectivity index (χ1) is 7.21. The Morgan fingerprint density at radius 3 is 2.12 bits per heavy atom. The summed E-state index contributed by atoms with van der Waals surface area (Å²) in [6.07, 6.45) is 1.28. The van der Waals surface area contributed by atoms with E-state index in [0.717, 1.165) is 5.92 Å². The van der Waals surface area contributed by atoms with Crippen molar-refractivity contribution in [2.24, 2.45) is 29.1 Å². The molecule has 2 fully saturated rings. The molecule has 0 heterocycles. The van der Waals surface area contributed by atoms with E-state index in [2.05, 4.69) is 39.9 Å². The largest absolute Gasteiger partial charge is 0.351 e. The van der Waals surface area contributed by atoms with Gasteiger partial charge in [0.2, 0.25) is 5.91 Å². The smallest absolute Gasteiger partial charge is 0.217 e. The summed E-state index contributed by atoms with van der Waals surface area (Å²) in [6, 6.07) is 0. The quantitative estimate of drug-likeness (QED) is 0.727. The summed E-state index contributed by atoms with van der Waals surface area (Å²) in [6.45, 7) is 13.3. The van der Waals surface area contributed by atoms with Crippen molar-refractivity contribution in [2.75, 3.05) is 0 Å². The number of nitrogens with one attached hydrogen (secondary N) is 1. The van der Waals surface area contributed by atoms with Crippen LogP contribution in [0.25, 0.3) is 0 Å². The van der Waals surface area contributed by atoms with Crippen molar-refractivity contribution in [3.63, 3.8) is 0 Å². The van der Waals surface area contributed by atoms with Crippen LogP contribution in [-0.2, 0) is 4.79 Å². The topological polar surface area (TPSA) is 29.1 Å². The lowest BCUT2D eigenvalue weighted by atomic mass is 9.59. The lowest BCUT2D eigenvalue weighted by Gasteiger charge is -2.50. The normalized spacial score (nSPS) is 49.4. The van der Waals surface area contributed by atoms with Crippen LogP contribution in [0, 0.1) is 29.1 Å². The molecule has 0 unspecified atom stereocenters. The van der Waals surface area contributed by atoms with E-state index in [1.54, 1.807) is 6.92 Å². The second kappa shape index (κ2) is 3.24. The van der Waals surface area contributed by atoms with Crippen LogP contribution in [0.4, 0.5) is 0 Å². The van der Waals surface area contributed by atoms with Crippen molar-refractivity contribution in [1.29, 1.82) is 0 Å². The molecule has 1 amide bonds. The first kappa shape index (κ1) is 11.9. The van der Waals surface area contributed by atoms with Gasteiger partial charge in [-0.2, -0.15) is 0 Å². The molecular formula is C14H25NO. The van der Waals surface area contributed by atoms with Gasteiger partial charge in [-0.3, -0.25) is 4.79 Å². The average molecular weight is 223 g/mol. The van der Waals surface area contributed by atoms with Crippen molar-refractivity contribution in [2.45, 2.75) is 53.5 Å². The van der Waals surface area contributed by atoms with Gasteiger partial charge in [-0.05, 0) is 42.4 Å². The van der Waals surface area contributed by atoms with Crippen molar-refractivity contribution in [3.8, 4) is 0 Å². The van der Waals surface area contributed by atoms with Crippen LogP contribution in [0.15, 0.2) is 0 Å². The number of hydrogen-bond acceptors (Lipinski definition) is 1. The molecule has 5 atom stereocenters. The van der Waals surface area contributed by atoms with E-state index < -0.39 is 0 Å². The Bertz CT molecular complexity index is 323. The zero-order valence-electron chi connectivity index (χ0n) is 11.4. The minimum Gasteiger partial charge on any atom is -0.351 e. The highest BCUT2D eigenvalue weighted by Crippen LogP contribution is 2.65. The molecule has 0 aromatic heterocycles. The molecule has 2 rings (SSSR count). The number of fused-ring (bicyclic) bond motifs is 2. The van der Waals surface area contributed by atoms with Crippen molar-refractivity contribution in [3.05, 3.63) is 0 Å². The van der Waals surface area contributed by atoms with Gasteiger partial charge in [0.15, 0.2) is 0 Å². The van der Waals surface area contributed by atoms with Gasteiger partial charge in [0.25, 0.3) is 0 Å². The highest BCUT2D eigenvalue weighted by atomic mass is 16.1. The molecule has 0 aromatic rings. The van der Waals surface area contributed by atoms with Gasteiger partial charge in [0.1, 0.15) is 0 Å². The van der Waals surface area contributed by atoms with Gasteiger partial charge in [-0.15, -0.1) is 0 Å². The van der Waals surface area contributed by atoms with Crippen molar-refractivity contribution >= 4 is 5.91 Å². The molecule has 2 saturated carbocycles. The summed E-state index contributed by atoms with van der Waals surface area (Å²) in [4.78, 5) is 11.4. The van der Waals surface area contributed by atoms with Crippen LogP contribution in [0.5, 0.6) is 0 Å². The molecule has 1 N–H and O–H groups in total. The minimum atomic E-state index is 0.0193. The molecule has 2 nitrogen and oxygen atoms in total. The molecule has 0 radical (unpaired) electrons. The molecule has 2 aliphatic carbocycles. The van der Waals surface area contributed by atoms with E-state index in [4.69, 9.17) is 0 Å². The highest BCUT2D eigenvalue weighted by Gasteiger charge is 2.64. The second-order valence-corrected chi connectivity index (χ2v) is 6.81. The maximum absolute atomic E-state index is 11.4. The van der Waals surface area contributed by atoms with E-state index in [0.29, 0.717) is 23.2 Å². The third-order valence-corrected chi connectivity index (χ3v) is 6.01. The Morgan fingerprint density at radius 1 is 1.12 bits per heavy atom.